The van der Waals surface area contributed by atoms with E-state index in [1.54, 1.807) is 11.0 Å². The number of hydrogen-bond acceptors (Lipinski definition) is 8. The molecule has 0 aliphatic rings. The molecule has 162 valence electrons. The quantitative estimate of drug-likeness (QED) is 0.367. The molecule has 0 amide bonds. The molecule has 6 rings (SSSR count). The van der Waals surface area contributed by atoms with Crippen LogP contribution in [0.3, 0.4) is 0 Å². The van der Waals surface area contributed by atoms with Crippen molar-refractivity contribution in [2.45, 2.75) is 12.6 Å². The summed E-state index contributed by atoms with van der Waals surface area (Å²) in [4.78, 5) is 7.45. The van der Waals surface area contributed by atoms with E-state index in [0.717, 1.165) is 38.9 Å². The molecule has 0 bridgehead atoms. The summed E-state index contributed by atoms with van der Waals surface area (Å²) in [5.41, 5.74) is 6.48. The molecular formula is C22H16ClN9S. The zero-order valence-corrected chi connectivity index (χ0v) is 18.6. The number of anilines is 1. The molecule has 9 nitrogen and oxygen atoms in total. The number of imidazole rings is 1. The van der Waals surface area contributed by atoms with E-state index >= 15 is 0 Å². The largest absolute Gasteiger partial charge is 0.371 e. The van der Waals surface area contributed by atoms with Gasteiger partial charge in [0, 0.05) is 10.7 Å². The molecule has 33 heavy (non-hydrogen) atoms. The van der Waals surface area contributed by atoms with Crippen LogP contribution >= 0.6 is 23.3 Å². The molecule has 0 spiro atoms. The zero-order chi connectivity index (χ0) is 22.2. The van der Waals surface area contributed by atoms with Gasteiger partial charge in [0.15, 0.2) is 5.82 Å². The molecule has 0 saturated carbocycles. The third kappa shape index (κ3) is 3.90. The lowest BCUT2D eigenvalue weighted by molar-refractivity contribution is 0.608. The summed E-state index contributed by atoms with van der Waals surface area (Å²) in [6, 6.07) is 19.3. The number of nitrogens with one attached hydrogen (secondary N) is 2. The third-order valence-electron chi connectivity index (χ3n) is 5.41. The lowest BCUT2D eigenvalue weighted by atomic mass is 10.0. The number of rotatable bonds is 6. The molecule has 1 unspecified atom stereocenters. The fraction of sp³-hybridized carbons (Fsp3) is 0.0909. The maximum absolute atomic E-state index is 6.04. The first-order valence-corrected chi connectivity index (χ1v) is 11.3. The second kappa shape index (κ2) is 8.23. The topological polar surface area (TPSA) is 110 Å². The number of nitrogens with zero attached hydrogens (tertiary/aromatic N) is 7. The Morgan fingerprint density at radius 3 is 2.73 bits per heavy atom. The van der Waals surface area contributed by atoms with Gasteiger partial charge in [0.05, 0.1) is 35.6 Å². The first kappa shape index (κ1) is 19.8. The predicted octanol–water partition coefficient (Wildman–Crippen LogP) is 4.46. The Bertz CT molecular complexity index is 1550. The molecule has 0 aliphatic heterocycles. The average Bonchev–Trinajstić information content (AvgIpc) is 3.59. The minimum Gasteiger partial charge on any atom is -0.371 e. The number of hydrogen-bond donors (Lipinski definition) is 2. The third-order valence-corrected chi connectivity index (χ3v) is 6.21. The van der Waals surface area contributed by atoms with E-state index in [1.165, 1.54) is 11.7 Å². The number of benzene rings is 3. The molecule has 3 aromatic carbocycles. The van der Waals surface area contributed by atoms with Crippen LogP contribution in [0, 0.1) is 0 Å². The summed E-state index contributed by atoms with van der Waals surface area (Å²) in [6.45, 7) is 0.512. The van der Waals surface area contributed by atoms with Crippen LogP contribution in [0.25, 0.3) is 22.1 Å². The number of fused-ring (bicyclic) bond motifs is 2. The average molecular weight is 474 g/mol. The van der Waals surface area contributed by atoms with Gasteiger partial charge in [0.2, 0.25) is 0 Å². The number of aromatic nitrogens is 8. The summed E-state index contributed by atoms with van der Waals surface area (Å²) >= 11 is 7.24. The normalized spacial score (nSPS) is 12.4. The van der Waals surface area contributed by atoms with Crippen molar-refractivity contribution in [3.63, 3.8) is 0 Å². The minimum atomic E-state index is -0.321. The van der Waals surface area contributed by atoms with Gasteiger partial charge in [-0.15, -0.1) is 5.10 Å². The fourth-order valence-electron chi connectivity index (χ4n) is 3.76. The summed E-state index contributed by atoms with van der Waals surface area (Å²) in [6.07, 6.45) is 1.68. The molecule has 6 aromatic rings. The van der Waals surface area contributed by atoms with Crippen molar-refractivity contribution < 1.29 is 0 Å². The van der Waals surface area contributed by atoms with Crippen LogP contribution in [-0.2, 0) is 6.54 Å². The van der Waals surface area contributed by atoms with E-state index in [2.05, 4.69) is 39.6 Å². The second-order valence-electron chi connectivity index (χ2n) is 7.55. The Morgan fingerprint density at radius 1 is 0.970 bits per heavy atom. The first-order valence-electron chi connectivity index (χ1n) is 10.2. The van der Waals surface area contributed by atoms with E-state index in [1.807, 2.05) is 60.7 Å². The van der Waals surface area contributed by atoms with E-state index in [9.17, 15) is 0 Å². The van der Waals surface area contributed by atoms with Crippen molar-refractivity contribution in [1.29, 1.82) is 0 Å². The van der Waals surface area contributed by atoms with E-state index in [0.29, 0.717) is 17.4 Å². The van der Waals surface area contributed by atoms with Crippen LogP contribution in [-0.4, -0.2) is 38.9 Å². The SMILES string of the molecule is Clc1ccc(Cn2nnnc2C(Nc2ccc3nc[nH]c3c2)c2ccc3nsnc3c2)cc1. The number of tetrazole rings is 1. The molecule has 0 radical (unpaired) electrons. The highest BCUT2D eigenvalue weighted by Gasteiger charge is 2.23. The molecular weight excluding hydrogens is 458 g/mol. The molecule has 2 N–H and O–H groups in total. The van der Waals surface area contributed by atoms with E-state index < -0.39 is 0 Å². The first-order chi connectivity index (χ1) is 16.2. The van der Waals surface area contributed by atoms with Crippen LogP contribution in [0.2, 0.25) is 5.02 Å². The Morgan fingerprint density at radius 2 is 1.82 bits per heavy atom. The van der Waals surface area contributed by atoms with Gasteiger partial charge in [-0.3, -0.25) is 0 Å². The summed E-state index contributed by atoms with van der Waals surface area (Å²) < 4.78 is 10.5. The van der Waals surface area contributed by atoms with Crippen LogP contribution in [0.15, 0.2) is 67.0 Å². The van der Waals surface area contributed by atoms with Gasteiger partial charge in [-0.2, -0.15) is 8.75 Å². The highest BCUT2D eigenvalue weighted by Crippen LogP contribution is 2.29. The van der Waals surface area contributed by atoms with Crippen LogP contribution in [0.1, 0.15) is 23.0 Å². The molecule has 0 aliphatic carbocycles. The van der Waals surface area contributed by atoms with Gasteiger partial charge in [-0.05, 0) is 64.0 Å². The lowest BCUT2D eigenvalue weighted by Gasteiger charge is -2.20. The van der Waals surface area contributed by atoms with Gasteiger partial charge in [-0.1, -0.05) is 29.8 Å². The Hall–Kier alpha value is -3.89. The molecule has 3 aromatic heterocycles. The Labute approximate surface area is 196 Å². The van der Waals surface area contributed by atoms with Gasteiger partial charge in [0.1, 0.15) is 17.1 Å². The second-order valence-corrected chi connectivity index (χ2v) is 8.51. The van der Waals surface area contributed by atoms with E-state index in [4.69, 9.17) is 11.6 Å². The zero-order valence-electron chi connectivity index (χ0n) is 17.1. The number of halogens is 1. The van der Waals surface area contributed by atoms with Crippen molar-refractivity contribution in [2.24, 2.45) is 0 Å². The predicted molar refractivity (Wildman–Crippen MR) is 127 cm³/mol. The standard InChI is InChI=1S/C22H16ClN9S/c23-15-4-1-13(2-5-15)11-32-22(27-30-31-32)21(14-3-7-18-20(9-14)29-33-28-18)26-16-6-8-17-19(10-16)25-12-24-17/h1-10,12,21,26H,11H2,(H,24,25). The summed E-state index contributed by atoms with van der Waals surface area (Å²) in [5.74, 6) is 0.678. The van der Waals surface area contributed by atoms with Crippen LogP contribution < -0.4 is 5.32 Å². The van der Waals surface area contributed by atoms with Gasteiger partial charge in [0.25, 0.3) is 0 Å². The molecule has 0 fully saturated rings. The Kier molecular flexibility index (Phi) is 4.93. The number of aromatic amines is 1. The summed E-state index contributed by atoms with van der Waals surface area (Å²) in [7, 11) is 0. The lowest BCUT2D eigenvalue weighted by Crippen LogP contribution is -2.19. The molecule has 3 heterocycles. The monoisotopic (exact) mass is 473 g/mol. The van der Waals surface area contributed by atoms with Crippen molar-refractivity contribution in [3.05, 3.63) is 89.0 Å². The molecule has 0 saturated heterocycles. The van der Waals surface area contributed by atoms with Crippen molar-refractivity contribution in [2.75, 3.05) is 5.32 Å². The van der Waals surface area contributed by atoms with Gasteiger partial charge < -0.3 is 10.3 Å². The fourth-order valence-corrected chi connectivity index (χ4v) is 4.40. The highest BCUT2D eigenvalue weighted by atomic mass is 35.5. The Balaban J connectivity index is 1.41. The van der Waals surface area contributed by atoms with Crippen molar-refractivity contribution in [1.82, 2.24) is 38.9 Å². The van der Waals surface area contributed by atoms with Gasteiger partial charge >= 0.3 is 0 Å². The van der Waals surface area contributed by atoms with Gasteiger partial charge in [-0.25, -0.2) is 9.67 Å². The van der Waals surface area contributed by atoms with Crippen molar-refractivity contribution in [3.8, 4) is 0 Å². The van der Waals surface area contributed by atoms with Crippen LogP contribution in [0.5, 0.6) is 0 Å². The van der Waals surface area contributed by atoms with Crippen molar-refractivity contribution >= 4 is 51.1 Å². The van der Waals surface area contributed by atoms with Crippen LogP contribution in [0.4, 0.5) is 5.69 Å². The highest BCUT2D eigenvalue weighted by molar-refractivity contribution is 7.00. The smallest absolute Gasteiger partial charge is 0.178 e. The number of H-pyrrole nitrogens is 1. The maximum atomic E-state index is 6.04. The summed E-state index contributed by atoms with van der Waals surface area (Å²) in [5, 5.41) is 16.9. The minimum absolute atomic E-state index is 0.321. The molecule has 1 atom stereocenters. The molecule has 11 heteroatoms. The maximum Gasteiger partial charge on any atom is 0.178 e. The van der Waals surface area contributed by atoms with E-state index in [-0.39, 0.29) is 6.04 Å².